The SMILES string of the molecule is N#CB1CCC(CB(C#N)c2ccc([N+](=O)[O-])nc2)CC1. The van der Waals surface area contributed by atoms with Crippen LogP contribution < -0.4 is 5.46 Å². The molecule has 0 spiro atoms. The van der Waals surface area contributed by atoms with Crippen molar-refractivity contribution in [3.8, 4) is 11.9 Å². The summed E-state index contributed by atoms with van der Waals surface area (Å²) in [4.78, 5) is 13.8. The Morgan fingerprint density at radius 2 is 2.14 bits per heavy atom. The molecule has 0 saturated carbocycles. The van der Waals surface area contributed by atoms with Gasteiger partial charge >= 0.3 is 12.5 Å². The number of aromatic nitrogens is 1. The molecular weight excluding hydrogens is 266 g/mol. The second-order valence-corrected chi connectivity index (χ2v) is 5.47. The first-order chi connectivity index (χ1) is 10.1. The minimum atomic E-state index is -0.547. The van der Waals surface area contributed by atoms with Crippen molar-refractivity contribution in [2.24, 2.45) is 5.92 Å². The van der Waals surface area contributed by atoms with Crippen LogP contribution >= 0.6 is 0 Å². The van der Waals surface area contributed by atoms with Gasteiger partial charge in [0.25, 0.3) is 6.71 Å². The molecule has 0 radical (unpaired) electrons. The molecule has 0 bridgehead atoms. The molecule has 0 unspecified atom stereocenters. The second-order valence-electron chi connectivity index (χ2n) is 5.47. The number of nitro groups is 1. The Morgan fingerprint density at radius 3 is 2.62 bits per heavy atom. The Kier molecular flexibility index (Phi) is 4.94. The highest BCUT2D eigenvalue weighted by molar-refractivity contribution is 6.80. The van der Waals surface area contributed by atoms with Crippen LogP contribution in [0.25, 0.3) is 0 Å². The summed E-state index contributed by atoms with van der Waals surface area (Å²) in [5.74, 6) is 4.80. The van der Waals surface area contributed by atoms with E-state index in [4.69, 9.17) is 5.26 Å². The smallest absolute Gasteiger partial charge is 0.358 e. The fourth-order valence-electron chi connectivity index (χ4n) is 2.84. The van der Waals surface area contributed by atoms with Crippen LogP contribution in [0.2, 0.25) is 19.0 Å². The Balaban J connectivity index is 1.99. The van der Waals surface area contributed by atoms with Crippen LogP contribution in [0.1, 0.15) is 12.8 Å². The molecule has 21 heavy (non-hydrogen) atoms. The lowest BCUT2D eigenvalue weighted by molar-refractivity contribution is -0.389. The van der Waals surface area contributed by atoms with E-state index in [1.807, 2.05) is 0 Å². The van der Waals surface area contributed by atoms with Crippen molar-refractivity contribution >= 4 is 24.7 Å². The van der Waals surface area contributed by atoms with Crippen molar-refractivity contribution in [2.45, 2.75) is 31.8 Å². The fourth-order valence-corrected chi connectivity index (χ4v) is 2.84. The number of hydrogen-bond acceptors (Lipinski definition) is 5. The minimum Gasteiger partial charge on any atom is -0.358 e. The van der Waals surface area contributed by atoms with Gasteiger partial charge in [0.15, 0.2) is 0 Å². The third kappa shape index (κ3) is 3.82. The first kappa shape index (κ1) is 15.1. The second kappa shape index (κ2) is 6.90. The predicted molar refractivity (Wildman–Crippen MR) is 80.4 cm³/mol. The van der Waals surface area contributed by atoms with Gasteiger partial charge in [-0.2, -0.15) is 0 Å². The number of nitrogens with zero attached hydrogens (tertiary/aromatic N) is 4. The molecule has 104 valence electrons. The minimum absolute atomic E-state index is 0.155. The highest BCUT2D eigenvalue weighted by Crippen LogP contribution is 2.28. The van der Waals surface area contributed by atoms with Gasteiger partial charge in [0.05, 0.1) is 0 Å². The number of hydrogen-bond donors (Lipinski definition) is 0. The lowest BCUT2D eigenvalue weighted by Crippen LogP contribution is -2.33. The molecule has 2 heterocycles. The van der Waals surface area contributed by atoms with E-state index >= 15 is 0 Å². The van der Waals surface area contributed by atoms with Crippen molar-refractivity contribution in [3.05, 3.63) is 28.4 Å². The topological polar surface area (TPSA) is 104 Å². The van der Waals surface area contributed by atoms with Crippen LogP contribution in [0.5, 0.6) is 0 Å². The summed E-state index contributed by atoms with van der Waals surface area (Å²) in [7, 11) is 0. The highest BCUT2D eigenvalue weighted by atomic mass is 16.6. The molecule has 0 amide bonds. The number of rotatable bonds is 4. The molecule has 0 aromatic carbocycles. The summed E-state index contributed by atoms with van der Waals surface area (Å²) >= 11 is 0. The monoisotopic (exact) mass is 280 g/mol. The normalized spacial score (nSPS) is 15.0. The van der Waals surface area contributed by atoms with E-state index in [1.165, 1.54) is 12.3 Å². The van der Waals surface area contributed by atoms with E-state index < -0.39 is 4.92 Å². The largest absolute Gasteiger partial charge is 0.363 e. The molecule has 8 heteroatoms. The van der Waals surface area contributed by atoms with E-state index in [-0.39, 0.29) is 19.2 Å². The van der Waals surface area contributed by atoms with E-state index in [1.54, 1.807) is 6.07 Å². The average Bonchev–Trinajstić information content (AvgIpc) is 2.53. The Labute approximate surface area is 124 Å². The van der Waals surface area contributed by atoms with E-state index in [0.717, 1.165) is 37.3 Å². The quantitative estimate of drug-likeness (QED) is 0.474. The summed E-state index contributed by atoms with van der Waals surface area (Å²) < 4.78 is 0. The molecule has 1 saturated heterocycles. The van der Waals surface area contributed by atoms with Gasteiger partial charge in [-0.1, -0.05) is 37.9 Å². The van der Waals surface area contributed by atoms with E-state index in [2.05, 4.69) is 16.9 Å². The molecule has 1 fully saturated rings. The maximum Gasteiger partial charge on any atom is 0.363 e. The predicted octanol–water partition coefficient (Wildman–Crippen LogP) is 1.72. The number of pyridine rings is 1. The van der Waals surface area contributed by atoms with Crippen LogP contribution in [-0.2, 0) is 0 Å². The highest BCUT2D eigenvalue weighted by Gasteiger charge is 2.29. The first-order valence-electron chi connectivity index (χ1n) is 7.03. The maximum atomic E-state index is 10.6. The zero-order valence-corrected chi connectivity index (χ0v) is 11.6. The summed E-state index contributed by atoms with van der Waals surface area (Å²) in [6, 6.07) is 2.95. The maximum absolute atomic E-state index is 10.6. The Bertz CT molecular complexity index is 586. The van der Waals surface area contributed by atoms with Crippen LogP contribution in [0.4, 0.5) is 5.82 Å². The van der Waals surface area contributed by atoms with Gasteiger partial charge < -0.3 is 10.1 Å². The lowest BCUT2D eigenvalue weighted by atomic mass is 9.37. The summed E-state index contributed by atoms with van der Waals surface area (Å²) in [5, 5.41) is 28.8. The van der Waals surface area contributed by atoms with Gasteiger partial charge in [-0.05, 0) is 21.3 Å². The molecule has 1 aliphatic heterocycles. The van der Waals surface area contributed by atoms with Gasteiger partial charge in [0.2, 0.25) is 0 Å². The first-order valence-corrected chi connectivity index (χ1v) is 7.03. The van der Waals surface area contributed by atoms with Crippen LogP contribution in [0.15, 0.2) is 18.3 Å². The fraction of sp³-hybridized carbons (Fsp3) is 0.462. The standard InChI is InChI=1S/C13H14B2N4O2/c16-9-14-5-3-11(4-6-14)7-15(10-17)12-1-2-13(18-8-12)19(20)21/h1-2,8,11H,3-7H2. The number of nitriles is 2. The molecule has 1 aromatic heterocycles. The zero-order chi connectivity index (χ0) is 15.2. The van der Waals surface area contributed by atoms with Crippen molar-refractivity contribution in [1.82, 2.24) is 4.98 Å². The molecular formula is C13H14B2N4O2. The van der Waals surface area contributed by atoms with Gasteiger partial charge in [0.1, 0.15) is 6.20 Å². The van der Waals surface area contributed by atoms with Gasteiger partial charge in [-0.15, -0.1) is 0 Å². The molecule has 0 N–H and O–H groups in total. The summed E-state index contributed by atoms with van der Waals surface area (Å²) in [6.45, 7) is -0.134. The average molecular weight is 280 g/mol. The van der Waals surface area contributed by atoms with E-state index in [9.17, 15) is 15.4 Å². The molecule has 1 aliphatic rings. The molecule has 1 aromatic rings. The third-order valence-electron chi connectivity index (χ3n) is 4.11. The van der Waals surface area contributed by atoms with Gasteiger partial charge in [0, 0.05) is 18.0 Å². The van der Waals surface area contributed by atoms with Gasteiger partial charge in [-0.3, -0.25) is 0 Å². The Hall–Kier alpha value is -2.34. The van der Waals surface area contributed by atoms with Crippen LogP contribution in [0, 0.1) is 38.5 Å². The lowest BCUT2D eigenvalue weighted by Gasteiger charge is -2.23. The Morgan fingerprint density at radius 1 is 1.43 bits per heavy atom. The van der Waals surface area contributed by atoms with Crippen molar-refractivity contribution in [2.75, 3.05) is 0 Å². The zero-order valence-electron chi connectivity index (χ0n) is 11.6. The summed E-state index contributed by atoms with van der Waals surface area (Å²) in [6.07, 6.45) is 5.89. The molecule has 6 nitrogen and oxygen atoms in total. The van der Waals surface area contributed by atoms with Crippen LogP contribution in [-0.4, -0.2) is 23.3 Å². The molecule has 0 atom stereocenters. The van der Waals surface area contributed by atoms with Crippen molar-refractivity contribution in [3.63, 3.8) is 0 Å². The molecule has 2 rings (SSSR count). The third-order valence-corrected chi connectivity index (χ3v) is 4.11. The van der Waals surface area contributed by atoms with Crippen molar-refractivity contribution < 1.29 is 4.92 Å². The van der Waals surface area contributed by atoms with E-state index in [0.29, 0.717) is 5.92 Å². The van der Waals surface area contributed by atoms with Crippen LogP contribution in [0.3, 0.4) is 0 Å². The van der Waals surface area contributed by atoms with Gasteiger partial charge in [-0.25, -0.2) is 10.5 Å². The molecule has 0 aliphatic carbocycles. The summed E-state index contributed by atoms with van der Waals surface area (Å²) in [5.41, 5.74) is 0.727. The van der Waals surface area contributed by atoms with Crippen molar-refractivity contribution in [1.29, 1.82) is 10.5 Å².